The highest BCUT2D eigenvalue weighted by Gasteiger charge is 2.26. The van der Waals surface area contributed by atoms with Crippen molar-refractivity contribution in [2.75, 3.05) is 26.3 Å². The van der Waals surface area contributed by atoms with E-state index in [1.54, 1.807) is 36.4 Å². The van der Waals surface area contributed by atoms with Gasteiger partial charge in [-0.3, -0.25) is 19.2 Å². The molecule has 0 spiro atoms. The molecular weight excluding hydrogens is 608 g/mol. The number of ether oxygens (including phenoxy) is 2. The molecule has 4 rings (SSSR count). The van der Waals surface area contributed by atoms with Crippen LogP contribution >= 0.6 is 11.6 Å². The second-order valence-corrected chi connectivity index (χ2v) is 11.9. The van der Waals surface area contributed by atoms with Crippen LogP contribution in [0.25, 0.3) is 0 Å². The van der Waals surface area contributed by atoms with Crippen LogP contribution in [-0.2, 0) is 16.0 Å². The van der Waals surface area contributed by atoms with Crippen molar-refractivity contribution in [3.8, 4) is 11.5 Å². The Kier molecular flexibility index (Phi) is 12.8. The zero-order valence-electron chi connectivity index (χ0n) is 26.1. The van der Waals surface area contributed by atoms with Gasteiger partial charge < -0.3 is 30.7 Å². The number of amides is 4. The first-order valence-electron chi connectivity index (χ1n) is 15.6. The quantitative estimate of drug-likeness (QED) is 0.294. The number of halogens is 1. The molecule has 3 aromatic rings. The van der Waals surface area contributed by atoms with Crippen molar-refractivity contribution in [2.45, 2.75) is 51.6 Å². The number of para-hydroxylation sites is 1. The minimum Gasteiger partial charge on any atom is -0.491 e. The van der Waals surface area contributed by atoms with Crippen LogP contribution in [0.5, 0.6) is 11.5 Å². The standard InChI is InChI=1S/C35H41ClN4O6/c1-23(2)29-22-46-31-16-14-25(36)21-27(31)33(42)38-19-20-45-30-13-7-6-12-26(30)34(43)40-28(15-17-32(41)39-29)35(44)37-18-8-11-24-9-4-3-5-10-24/h3-7,9-10,12-14,16,21,23,28-29H,8,11,15,17-20,22H2,1-2H3,(H,37,44)(H,38,42)(H,39,41)(H,40,43)/t28-,29-/m0/s1. The molecule has 0 aliphatic carbocycles. The topological polar surface area (TPSA) is 135 Å². The van der Waals surface area contributed by atoms with Gasteiger partial charge in [0, 0.05) is 18.0 Å². The summed E-state index contributed by atoms with van der Waals surface area (Å²) < 4.78 is 11.9. The molecular formula is C35H41ClN4O6. The Labute approximate surface area is 274 Å². The number of aryl methyl sites for hydroxylation is 1. The number of nitrogens with one attached hydrogen (secondary N) is 4. The van der Waals surface area contributed by atoms with Crippen molar-refractivity contribution < 1.29 is 28.7 Å². The van der Waals surface area contributed by atoms with Crippen molar-refractivity contribution in [1.82, 2.24) is 21.3 Å². The van der Waals surface area contributed by atoms with Crippen molar-refractivity contribution in [1.29, 1.82) is 0 Å². The SMILES string of the molecule is CC(C)[C@@H]1COc2ccc(Cl)cc2C(=O)NCCOc2ccccc2C(=O)N[C@H](C(=O)NCCCc2ccccc2)CCC(=O)N1. The van der Waals surface area contributed by atoms with Crippen LogP contribution in [0.15, 0.2) is 72.8 Å². The van der Waals surface area contributed by atoms with Gasteiger partial charge in [-0.15, -0.1) is 0 Å². The van der Waals surface area contributed by atoms with E-state index < -0.39 is 17.9 Å². The molecule has 0 saturated carbocycles. The maximum absolute atomic E-state index is 13.4. The lowest BCUT2D eigenvalue weighted by Crippen LogP contribution is -2.48. The van der Waals surface area contributed by atoms with Gasteiger partial charge in [-0.2, -0.15) is 0 Å². The fourth-order valence-electron chi connectivity index (χ4n) is 4.92. The van der Waals surface area contributed by atoms with E-state index in [0.29, 0.717) is 23.1 Å². The Balaban J connectivity index is 1.52. The molecule has 244 valence electrons. The minimum atomic E-state index is -0.963. The van der Waals surface area contributed by atoms with Crippen LogP contribution in [0.4, 0.5) is 0 Å². The second kappa shape index (κ2) is 17.2. The average Bonchev–Trinajstić information content (AvgIpc) is 3.05. The lowest BCUT2D eigenvalue weighted by molar-refractivity contribution is -0.124. The molecule has 2 atom stereocenters. The van der Waals surface area contributed by atoms with Gasteiger partial charge in [0.15, 0.2) is 0 Å². The van der Waals surface area contributed by atoms with E-state index in [-0.39, 0.29) is 67.5 Å². The smallest absolute Gasteiger partial charge is 0.255 e. The van der Waals surface area contributed by atoms with Gasteiger partial charge in [0.05, 0.1) is 23.7 Å². The number of fused-ring (bicyclic) bond motifs is 2. The second-order valence-electron chi connectivity index (χ2n) is 11.4. The van der Waals surface area contributed by atoms with E-state index in [9.17, 15) is 19.2 Å². The maximum atomic E-state index is 13.4. The largest absolute Gasteiger partial charge is 0.491 e. The lowest BCUT2D eigenvalue weighted by Gasteiger charge is -2.24. The molecule has 4 amide bonds. The van der Waals surface area contributed by atoms with Crippen LogP contribution in [0.1, 0.15) is 59.4 Å². The maximum Gasteiger partial charge on any atom is 0.255 e. The predicted molar refractivity (Wildman–Crippen MR) is 176 cm³/mol. The molecule has 0 saturated heterocycles. The monoisotopic (exact) mass is 648 g/mol. The van der Waals surface area contributed by atoms with Crippen molar-refractivity contribution in [3.63, 3.8) is 0 Å². The predicted octanol–water partition coefficient (Wildman–Crippen LogP) is 4.31. The highest BCUT2D eigenvalue weighted by molar-refractivity contribution is 6.31. The third kappa shape index (κ3) is 10.2. The molecule has 4 N–H and O–H groups in total. The summed E-state index contributed by atoms with van der Waals surface area (Å²) in [5.74, 6) is -0.982. The average molecular weight is 649 g/mol. The van der Waals surface area contributed by atoms with Gasteiger partial charge in [0.2, 0.25) is 11.8 Å². The molecule has 0 bridgehead atoms. The van der Waals surface area contributed by atoms with Crippen molar-refractivity contribution >= 4 is 35.2 Å². The normalized spacial score (nSPS) is 18.1. The van der Waals surface area contributed by atoms with Gasteiger partial charge >= 0.3 is 0 Å². The van der Waals surface area contributed by atoms with Crippen LogP contribution in [0.3, 0.4) is 0 Å². The van der Waals surface area contributed by atoms with Crippen LogP contribution in [-0.4, -0.2) is 62.0 Å². The Hall–Kier alpha value is -4.57. The molecule has 0 fully saturated rings. The van der Waals surface area contributed by atoms with Crippen LogP contribution < -0.4 is 30.7 Å². The zero-order valence-corrected chi connectivity index (χ0v) is 26.9. The van der Waals surface area contributed by atoms with Gasteiger partial charge in [-0.1, -0.05) is 67.9 Å². The van der Waals surface area contributed by atoms with Gasteiger partial charge in [-0.05, 0) is 61.1 Å². The first kappa shape index (κ1) is 34.3. The number of rotatable bonds is 6. The molecule has 11 heteroatoms. The lowest BCUT2D eigenvalue weighted by atomic mass is 10.0. The number of carbonyl (C=O) groups is 4. The summed E-state index contributed by atoms with van der Waals surface area (Å²) in [6.07, 6.45) is 1.58. The van der Waals surface area contributed by atoms with E-state index >= 15 is 0 Å². The molecule has 0 radical (unpaired) electrons. The summed E-state index contributed by atoms with van der Waals surface area (Å²) in [6, 6.07) is 20.0. The molecule has 0 unspecified atom stereocenters. The number of hydrogen-bond donors (Lipinski definition) is 4. The summed E-state index contributed by atoms with van der Waals surface area (Å²) in [6.45, 7) is 4.62. The van der Waals surface area contributed by atoms with E-state index in [0.717, 1.165) is 12.8 Å². The zero-order chi connectivity index (χ0) is 32.9. The Morgan fingerprint density at radius 3 is 2.43 bits per heavy atom. The first-order chi connectivity index (χ1) is 22.2. The third-order valence-electron chi connectivity index (χ3n) is 7.60. The number of hydrogen-bond acceptors (Lipinski definition) is 6. The Morgan fingerprint density at radius 1 is 0.913 bits per heavy atom. The van der Waals surface area contributed by atoms with E-state index in [4.69, 9.17) is 21.1 Å². The highest BCUT2D eigenvalue weighted by Crippen LogP contribution is 2.24. The summed E-state index contributed by atoms with van der Waals surface area (Å²) >= 11 is 6.18. The fourth-order valence-corrected chi connectivity index (χ4v) is 5.09. The molecule has 1 aliphatic rings. The molecule has 1 aliphatic heterocycles. The summed E-state index contributed by atoms with van der Waals surface area (Å²) in [7, 11) is 0. The minimum absolute atomic E-state index is 0.000279. The Morgan fingerprint density at radius 2 is 1.65 bits per heavy atom. The van der Waals surface area contributed by atoms with Crippen molar-refractivity contribution in [2.24, 2.45) is 5.92 Å². The number of benzene rings is 3. The highest BCUT2D eigenvalue weighted by atomic mass is 35.5. The van der Waals surface area contributed by atoms with E-state index in [1.807, 2.05) is 44.2 Å². The van der Waals surface area contributed by atoms with E-state index in [1.165, 1.54) is 11.6 Å². The summed E-state index contributed by atoms with van der Waals surface area (Å²) in [5, 5.41) is 11.9. The molecule has 46 heavy (non-hydrogen) atoms. The molecule has 10 nitrogen and oxygen atoms in total. The third-order valence-corrected chi connectivity index (χ3v) is 7.83. The number of carbonyl (C=O) groups excluding carboxylic acids is 4. The first-order valence-corrected chi connectivity index (χ1v) is 15.9. The molecule has 0 aromatic heterocycles. The summed E-state index contributed by atoms with van der Waals surface area (Å²) in [4.78, 5) is 53.0. The van der Waals surface area contributed by atoms with Gasteiger partial charge in [0.1, 0.15) is 30.8 Å². The van der Waals surface area contributed by atoms with Crippen molar-refractivity contribution in [3.05, 3.63) is 94.5 Å². The van der Waals surface area contributed by atoms with Crippen LogP contribution in [0.2, 0.25) is 5.02 Å². The molecule has 1 heterocycles. The fraction of sp³-hybridized carbons (Fsp3) is 0.371. The van der Waals surface area contributed by atoms with Gasteiger partial charge in [-0.25, -0.2) is 0 Å². The van der Waals surface area contributed by atoms with Gasteiger partial charge in [0.25, 0.3) is 11.8 Å². The van der Waals surface area contributed by atoms with E-state index in [2.05, 4.69) is 21.3 Å². The Bertz CT molecular complexity index is 1500. The van der Waals surface area contributed by atoms with Crippen LogP contribution in [0, 0.1) is 5.92 Å². The summed E-state index contributed by atoms with van der Waals surface area (Å²) in [5.41, 5.74) is 1.64. The molecule has 3 aromatic carbocycles.